The number of para-hydroxylation sites is 1. The highest BCUT2D eigenvalue weighted by Gasteiger charge is 2.64. The lowest BCUT2D eigenvalue weighted by Gasteiger charge is -2.47. The highest BCUT2D eigenvalue weighted by Crippen LogP contribution is 2.58. The summed E-state index contributed by atoms with van der Waals surface area (Å²) in [5.74, 6) is -2.07. The van der Waals surface area contributed by atoms with Crippen molar-refractivity contribution in [2.24, 2.45) is 5.92 Å². The number of nitrogens with one attached hydrogen (secondary N) is 1. The first kappa shape index (κ1) is 23.2. The second kappa shape index (κ2) is 8.74. The standard InChI is InChI=1S/C29H25IN2O4/c1-36-28(35)29-15-21-20-12-5-6-13-23(20)31-24(21)26(17-8-3-2-4-9-17)32(29)25(22(16-29)27(33)34)18-10-7-11-19(30)14-18/h2-14,22,25-26,31H,15-16H2,1H3,(H,33,34)/t22-,25+,26-,29+/m0/s1. The first-order valence-corrected chi connectivity index (χ1v) is 13.0. The fourth-order valence-corrected chi connectivity index (χ4v) is 6.97. The number of methoxy groups -OCH3 is 1. The minimum atomic E-state index is -1.12. The molecule has 0 saturated carbocycles. The molecule has 6 rings (SSSR count). The van der Waals surface area contributed by atoms with E-state index < -0.39 is 29.4 Å². The molecular formula is C29H25IN2O4. The Labute approximate surface area is 222 Å². The highest BCUT2D eigenvalue weighted by molar-refractivity contribution is 14.1. The Kier molecular flexibility index (Phi) is 5.64. The third-order valence-electron chi connectivity index (χ3n) is 7.79. The van der Waals surface area contributed by atoms with Crippen LogP contribution in [0, 0.1) is 9.49 Å². The average Bonchev–Trinajstić information content (AvgIpc) is 3.44. The Balaban J connectivity index is 1.68. The summed E-state index contributed by atoms with van der Waals surface area (Å²) in [6.45, 7) is 0. The molecule has 1 fully saturated rings. The number of benzene rings is 3. The van der Waals surface area contributed by atoms with Crippen molar-refractivity contribution in [1.29, 1.82) is 0 Å². The maximum atomic E-state index is 13.8. The van der Waals surface area contributed by atoms with Gasteiger partial charge in [0.25, 0.3) is 0 Å². The average molecular weight is 592 g/mol. The number of aromatic amines is 1. The molecule has 0 aliphatic carbocycles. The minimum absolute atomic E-state index is 0.174. The molecular weight excluding hydrogens is 567 g/mol. The number of hydrogen-bond donors (Lipinski definition) is 2. The van der Waals surface area contributed by atoms with E-state index in [2.05, 4.69) is 38.5 Å². The number of rotatable bonds is 4. The fraction of sp³-hybridized carbons (Fsp3) is 0.241. The van der Waals surface area contributed by atoms with Crippen LogP contribution in [0.3, 0.4) is 0 Å². The zero-order valence-corrected chi connectivity index (χ0v) is 21.8. The fourth-order valence-electron chi connectivity index (χ4n) is 6.41. The van der Waals surface area contributed by atoms with E-state index in [0.29, 0.717) is 6.42 Å². The lowest BCUT2D eigenvalue weighted by molar-refractivity contribution is -0.156. The van der Waals surface area contributed by atoms with Crippen LogP contribution in [-0.4, -0.2) is 39.6 Å². The van der Waals surface area contributed by atoms with Crippen LogP contribution < -0.4 is 0 Å². The molecule has 1 aromatic heterocycles. The van der Waals surface area contributed by atoms with E-state index >= 15 is 0 Å². The first-order valence-electron chi connectivity index (χ1n) is 11.9. The molecule has 2 aliphatic rings. The summed E-state index contributed by atoms with van der Waals surface area (Å²) in [7, 11) is 1.39. The molecule has 0 radical (unpaired) electrons. The van der Waals surface area contributed by atoms with Gasteiger partial charge in [0, 0.05) is 26.6 Å². The van der Waals surface area contributed by atoms with Crippen LogP contribution in [0.5, 0.6) is 0 Å². The van der Waals surface area contributed by atoms with Gasteiger partial charge < -0.3 is 14.8 Å². The number of hydrogen-bond acceptors (Lipinski definition) is 4. The van der Waals surface area contributed by atoms with Gasteiger partial charge >= 0.3 is 11.9 Å². The first-order chi connectivity index (χ1) is 17.4. The molecule has 2 N–H and O–H groups in total. The zero-order chi connectivity index (χ0) is 25.0. The Morgan fingerprint density at radius 3 is 2.47 bits per heavy atom. The second-order valence-electron chi connectivity index (χ2n) is 9.63. The van der Waals surface area contributed by atoms with Crippen molar-refractivity contribution in [3.05, 3.63) is 105 Å². The highest BCUT2D eigenvalue weighted by atomic mass is 127. The third-order valence-corrected chi connectivity index (χ3v) is 8.46. The van der Waals surface area contributed by atoms with Crippen molar-refractivity contribution in [1.82, 2.24) is 9.88 Å². The van der Waals surface area contributed by atoms with Gasteiger partial charge in [-0.15, -0.1) is 0 Å². The maximum absolute atomic E-state index is 13.8. The molecule has 36 heavy (non-hydrogen) atoms. The number of nitrogens with zero attached hydrogens (tertiary/aromatic N) is 1. The minimum Gasteiger partial charge on any atom is -0.481 e. The Hall–Kier alpha value is -3.17. The van der Waals surface area contributed by atoms with Crippen LogP contribution in [-0.2, 0) is 20.7 Å². The largest absolute Gasteiger partial charge is 0.481 e. The van der Waals surface area contributed by atoms with Crippen molar-refractivity contribution in [2.45, 2.75) is 30.5 Å². The molecule has 3 heterocycles. The van der Waals surface area contributed by atoms with Crippen molar-refractivity contribution >= 4 is 45.4 Å². The molecule has 6 nitrogen and oxygen atoms in total. The van der Waals surface area contributed by atoms with Gasteiger partial charge in [-0.3, -0.25) is 14.5 Å². The molecule has 4 atom stereocenters. The van der Waals surface area contributed by atoms with E-state index in [1.807, 2.05) is 72.8 Å². The molecule has 2 aliphatic heterocycles. The summed E-state index contributed by atoms with van der Waals surface area (Å²) in [5, 5.41) is 11.5. The number of carbonyl (C=O) groups is 2. The van der Waals surface area contributed by atoms with Crippen LogP contribution in [0.4, 0.5) is 0 Å². The number of aliphatic carboxylic acids is 1. The number of carboxylic acid groups (broad SMARTS) is 1. The summed E-state index contributed by atoms with van der Waals surface area (Å²) in [6, 6.07) is 25.2. The van der Waals surface area contributed by atoms with Gasteiger partial charge in [0.05, 0.1) is 25.1 Å². The monoisotopic (exact) mass is 592 g/mol. The van der Waals surface area contributed by atoms with Gasteiger partial charge in [0.1, 0.15) is 5.54 Å². The predicted octanol–water partition coefficient (Wildman–Crippen LogP) is 5.48. The predicted molar refractivity (Wildman–Crippen MR) is 145 cm³/mol. The number of fused-ring (bicyclic) bond motifs is 4. The molecule has 0 bridgehead atoms. The summed E-state index contributed by atoms with van der Waals surface area (Å²) < 4.78 is 6.45. The van der Waals surface area contributed by atoms with Crippen molar-refractivity contribution in [2.75, 3.05) is 7.11 Å². The van der Waals surface area contributed by atoms with Crippen LogP contribution in [0.15, 0.2) is 78.9 Å². The third kappa shape index (κ3) is 3.40. The van der Waals surface area contributed by atoms with E-state index in [1.165, 1.54) is 7.11 Å². The SMILES string of the molecule is COC(=O)[C@]12Cc3c([nH]c4ccccc34)[C@H](c3ccccc3)N1[C@H](c1cccc(I)c1)[C@@H](C(=O)O)C2. The number of H-pyrrole nitrogens is 1. The van der Waals surface area contributed by atoms with Crippen molar-refractivity contribution < 1.29 is 19.4 Å². The van der Waals surface area contributed by atoms with Gasteiger partial charge in [-0.2, -0.15) is 0 Å². The van der Waals surface area contributed by atoms with E-state index in [-0.39, 0.29) is 12.5 Å². The van der Waals surface area contributed by atoms with Gasteiger partial charge in [-0.1, -0.05) is 60.7 Å². The van der Waals surface area contributed by atoms with Crippen molar-refractivity contribution in [3.8, 4) is 0 Å². The number of ether oxygens (including phenoxy) is 1. The molecule has 0 unspecified atom stereocenters. The number of halogens is 1. The summed E-state index contributed by atoms with van der Waals surface area (Å²) in [5.41, 5.74) is 3.82. The maximum Gasteiger partial charge on any atom is 0.326 e. The quantitative estimate of drug-likeness (QED) is 0.243. The van der Waals surface area contributed by atoms with E-state index in [4.69, 9.17) is 4.74 Å². The number of carboxylic acids is 1. The molecule has 7 heteroatoms. The molecule has 0 spiro atoms. The number of esters is 1. The van der Waals surface area contributed by atoms with Gasteiger partial charge in [-0.25, -0.2) is 0 Å². The summed E-state index contributed by atoms with van der Waals surface area (Å²) in [4.78, 5) is 32.3. The van der Waals surface area contributed by atoms with Gasteiger partial charge in [0.2, 0.25) is 0 Å². The lowest BCUT2D eigenvalue weighted by atomic mass is 9.79. The molecule has 0 amide bonds. The molecule has 4 aromatic rings. The molecule has 1 saturated heterocycles. The van der Waals surface area contributed by atoms with E-state index in [9.17, 15) is 14.7 Å². The zero-order valence-electron chi connectivity index (χ0n) is 19.6. The lowest BCUT2D eigenvalue weighted by Crippen LogP contribution is -2.57. The molecule has 3 aromatic carbocycles. The van der Waals surface area contributed by atoms with Crippen LogP contribution >= 0.6 is 22.6 Å². The summed E-state index contributed by atoms with van der Waals surface area (Å²) in [6.07, 6.45) is 0.556. The van der Waals surface area contributed by atoms with E-state index in [1.54, 1.807) is 0 Å². The smallest absolute Gasteiger partial charge is 0.326 e. The number of aromatic nitrogens is 1. The van der Waals surface area contributed by atoms with Crippen LogP contribution in [0.25, 0.3) is 10.9 Å². The van der Waals surface area contributed by atoms with Gasteiger partial charge in [0.15, 0.2) is 0 Å². The second-order valence-corrected chi connectivity index (χ2v) is 10.9. The van der Waals surface area contributed by atoms with Gasteiger partial charge in [-0.05, 0) is 63.9 Å². The Bertz CT molecular complexity index is 1480. The Morgan fingerprint density at radius 2 is 1.75 bits per heavy atom. The molecule has 182 valence electrons. The number of carbonyl (C=O) groups excluding carboxylic acids is 1. The normalized spacial score (nSPS) is 25.3. The Morgan fingerprint density at radius 1 is 1.03 bits per heavy atom. The van der Waals surface area contributed by atoms with Crippen molar-refractivity contribution in [3.63, 3.8) is 0 Å². The van der Waals surface area contributed by atoms with E-state index in [0.717, 1.165) is 36.9 Å². The topological polar surface area (TPSA) is 82.6 Å². The summed E-state index contributed by atoms with van der Waals surface area (Å²) >= 11 is 2.25. The van der Waals surface area contributed by atoms with Crippen LogP contribution in [0.1, 0.15) is 40.9 Å². The van der Waals surface area contributed by atoms with Crippen LogP contribution in [0.2, 0.25) is 0 Å².